The first-order valence-corrected chi connectivity index (χ1v) is 7.38. The van der Waals surface area contributed by atoms with Gasteiger partial charge >= 0.3 is 0 Å². The summed E-state index contributed by atoms with van der Waals surface area (Å²) < 4.78 is 18.4. The highest BCUT2D eigenvalue weighted by molar-refractivity contribution is 5.34. The molecule has 4 nitrogen and oxygen atoms in total. The van der Waals surface area contributed by atoms with Gasteiger partial charge in [0.15, 0.2) is 0 Å². The second kappa shape index (κ2) is 8.28. The minimum atomic E-state index is -0.673. The van der Waals surface area contributed by atoms with Crippen LogP contribution >= 0.6 is 0 Å². The first-order valence-electron chi connectivity index (χ1n) is 7.38. The van der Waals surface area contributed by atoms with Crippen LogP contribution in [0.3, 0.4) is 0 Å². The maximum absolute atomic E-state index is 12.9. The summed E-state index contributed by atoms with van der Waals surface area (Å²) in [4.78, 5) is 0. The Morgan fingerprint density at radius 3 is 2.43 bits per heavy atom. The molecule has 0 aliphatic carbocycles. The van der Waals surface area contributed by atoms with Gasteiger partial charge in [0, 0.05) is 12.6 Å². The van der Waals surface area contributed by atoms with Crippen molar-refractivity contribution in [1.82, 2.24) is 5.32 Å². The smallest absolute Gasteiger partial charge is 0.123 e. The van der Waals surface area contributed by atoms with Crippen LogP contribution in [0.25, 0.3) is 0 Å². The maximum atomic E-state index is 12.9. The Hall–Kier alpha value is -2.42. The van der Waals surface area contributed by atoms with Crippen molar-refractivity contribution < 1.29 is 14.2 Å². The van der Waals surface area contributed by atoms with E-state index in [-0.39, 0.29) is 18.5 Å². The van der Waals surface area contributed by atoms with Crippen LogP contribution < -0.4 is 10.1 Å². The van der Waals surface area contributed by atoms with Gasteiger partial charge in [-0.25, -0.2) is 4.39 Å². The van der Waals surface area contributed by atoms with E-state index in [9.17, 15) is 9.50 Å². The number of nitrogens with zero attached hydrogens (tertiary/aromatic N) is 1. The van der Waals surface area contributed by atoms with Crippen molar-refractivity contribution >= 4 is 0 Å². The van der Waals surface area contributed by atoms with Crippen LogP contribution in [0.5, 0.6) is 5.75 Å². The number of benzene rings is 2. The molecule has 0 unspecified atom stereocenters. The third kappa shape index (κ3) is 5.37. The van der Waals surface area contributed by atoms with E-state index in [4.69, 9.17) is 10.00 Å². The molecule has 0 aromatic heterocycles. The molecule has 0 aliphatic heterocycles. The number of rotatable bonds is 7. The van der Waals surface area contributed by atoms with Crippen molar-refractivity contribution in [2.75, 3.05) is 13.2 Å². The van der Waals surface area contributed by atoms with Crippen molar-refractivity contribution in [3.05, 3.63) is 65.5 Å². The molecule has 0 saturated heterocycles. The van der Waals surface area contributed by atoms with Crippen molar-refractivity contribution in [2.24, 2.45) is 0 Å². The monoisotopic (exact) mass is 314 g/mol. The first-order chi connectivity index (χ1) is 11.1. The van der Waals surface area contributed by atoms with Gasteiger partial charge < -0.3 is 15.2 Å². The van der Waals surface area contributed by atoms with E-state index in [0.29, 0.717) is 17.9 Å². The zero-order chi connectivity index (χ0) is 16.7. The third-order valence-electron chi connectivity index (χ3n) is 3.46. The number of ether oxygens (including phenoxy) is 1. The van der Waals surface area contributed by atoms with Crippen LogP contribution in [0, 0.1) is 17.1 Å². The van der Waals surface area contributed by atoms with E-state index in [1.165, 1.54) is 12.1 Å². The van der Waals surface area contributed by atoms with E-state index >= 15 is 0 Å². The third-order valence-corrected chi connectivity index (χ3v) is 3.46. The summed E-state index contributed by atoms with van der Waals surface area (Å²) in [7, 11) is 0. The molecule has 0 fully saturated rings. The predicted molar refractivity (Wildman–Crippen MR) is 85.5 cm³/mol. The number of hydrogen-bond acceptors (Lipinski definition) is 4. The minimum Gasteiger partial charge on any atom is -0.491 e. The summed E-state index contributed by atoms with van der Waals surface area (Å²) in [5, 5.41) is 21.8. The number of nitrogens with one attached hydrogen (secondary N) is 1. The Kier molecular flexibility index (Phi) is 6.10. The van der Waals surface area contributed by atoms with Gasteiger partial charge in [-0.1, -0.05) is 12.1 Å². The molecule has 2 aromatic carbocycles. The molecule has 0 amide bonds. The molecule has 5 heteroatoms. The highest BCUT2D eigenvalue weighted by atomic mass is 19.1. The van der Waals surface area contributed by atoms with Gasteiger partial charge in [-0.3, -0.25) is 0 Å². The quantitative estimate of drug-likeness (QED) is 0.825. The zero-order valence-corrected chi connectivity index (χ0v) is 12.9. The number of aliphatic hydroxyl groups is 1. The predicted octanol–water partition coefficient (Wildman–Crippen LogP) is 2.79. The molecule has 0 radical (unpaired) electrons. The Labute approximate surface area is 135 Å². The van der Waals surface area contributed by atoms with E-state index in [2.05, 4.69) is 5.32 Å². The van der Waals surface area contributed by atoms with Crippen LogP contribution in [-0.2, 0) is 0 Å². The fourth-order valence-electron chi connectivity index (χ4n) is 2.06. The van der Waals surface area contributed by atoms with Crippen LogP contribution in [-0.4, -0.2) is 24.4 Å². The van der Waals surface area contributed by atoms with Crippen LogP contribution in [0.15, 0.2) is 48.5 Å². The van der Waals surface area contributed by atoms with Gasteiger partial charge in [0.05, 0.1) is 11.6 Å². The van der Waals surface area contributed by atoms with Crippen molar-refractivity contribution in [3.63, 3.8) is 0 Å². The molecule has 0 saturated carbocycles. The molecule has 2 atom stereocenters. The first kappa shape index (κ1) is 16.9. The highest BCUT2D eigenvalue weighted by Crippen LogP contribution is 2.13. The average molecular weight is 314 g/mol. The fraction of sp³-hybridized carbons (Fsp3) is 0.278. The molecule has 0 aliphatic rings. The lowest BCUT2D eigenvalue weighted by Gasteiger charge is -2.18. The molecule has 2 N–H and O–H groups in total. The van der Waals surface area contributed by atoms with Gasteiger partial charge in [-0.2, -0.15) is 5.26 Å². The lowest BCUT2D eigenvalue weighted by Crippen LogP contribution is -2.33. The molecule has 0 spiro atoms. The summed E-state index contributed by atoms with van der Waals surface area (Å²) in [5.41, 5.74) is 1.51. The fourth-order valence-corrected chi connectivity index (χ4v) is 2.06. The van der Waals surface area contributed by atoms with Gasteiger partial charge in [-0.05, 0) is 48.9 Å². The SMILES string of the molecule is C[C@@H](NC[C@H](O)COc1ccc(C#N)cc1)c1ccc(F)cc1. The molecule has 2 rings (SSSR count). The van der Waals surface area contributed by atoms with E-state index < -0.39 is 6.10 Å². The Balaban J connectivity index is 1.75. The summed E-state index contributed by atoms with van der Waals surface area (Å²) in [6.07, 6.45) is -0.673. The second-order valence-electron chi connectivity index (χ2n) is 5.28. The average Bonchev–Trinajstić information content (AvgIpc) is 2.59. The molecule has 23 heavy (non-hydrogen) atoms. The summed E-state index contributed by atoms with van der Waals surface area (Å²) in [6, 6.07) is 15.0. The molecule has 0 bridgehead atoms. The van der Waals surface area contributed by atoms with Gasteiger partial charge in [0.2, 0.25) is 0 Å². The summed E-state index contributed by atoms with van der Waals surface area (Å²) in [5.74, 6) is 0.339. The minimum absolute atomic E-state index is 0.000150. The Morgan fingerprint density at radius 1 is 1.17 bits per heavy atom. The van der Waals surface area contributed by atoms with Crippen LogP contribution in [0.1, 0.15) is 24.1 Å². The molecular formula is C18H19FN2O2. The molecule has 120 valence electrons. The maximum Gasteiger partial charge on any atom is 0.123 e. The molecule has 2 aromatic rings. The lowest BCUT2D eigenvalue weighted by atomic mass is 10.1. The van der Waals surface area contributed by atoms with Crippen molar-refractivity contribution in [3.8, 4) is 11.8 Å². The van der Waals surface area contributed by atoms with Gasteiger partial charge in [-0.15, -0.1) is 0 Å². The largest absolute Gasteiger partial charge is 0.491 e. The summed E-state index contributed by atoms with van der Waals surface area (Å²) in [6.45, 7) is 2.45. The Bertz CT molecular complexity index is 650. The number of hydrogen-bond donors (Lipinski definition) is 2. The lowest BCUT2D eigenvalue weighted by molar-refractivity contribution is 0.104. The van der Waals surface area contributed by atoms with E-state index in [0.717, 1.165) is 5.56 Å². The van der Waals surface area contributed by atoms with Crippen LogP contribution in [0.2, 0.25) is 0 Å². The van der Waals surface area contributed by atoms with E-state index in [1.807, 2.05) is 13.0 Å². The highest BCUT2D eigenvalue weighted by Gasteiger charge is 2.09. The second-order valence-corrected chi connectivity index (χ2v) is 5.28. The number of aliphatic hydroxyl groups excluding tert-OH is 1. The summed E-state index contributed by atoms with van der Waals surface area (Å²) >= 11 is 0. The molecular weight excluding hydrogens is 295 g/mol. The van der Waals surface area contributed by atoms with Crippen molar-refractivity contribution in [1.29, 1.82) is 5.26 Å². The number of halogens is 1. The standard InChI is InChI=1S/C18H19FN2O2/c1-13(15-4-6-16(19)7-5-15)21-11-17(22)12-23-18-8-2-14(10-20)3-9-18/h2-9,13,17,21-22H,11-12H2,1H3/t13-,17+/m1/s1. The Morgan fingerprint density at radius 2 is 1.83 bits per heavy atom. The normalized spacial score (nSPS) is 13.1. The van der Waals surface area contributed by atoms with E-state index in [1.54, 1.807) is 36.4 Å². The van der Waals surface area contributed by atoms with Gasteiger partial charge in [0.1, 0.15) is 24.3 Å². The van der Waals surface area contributed by atoms with Crippen molar-refractivity contribution in [2.45, 2.75) is 19.1 Å². The van der Waals surface area contributed by atoms with Gasteiger partial charge in [0.25, 0.3) is 0 Å². The van der Waals surface area contributed by atoms with Crippen LogP contribution in [0.4, 0.5) is 4.39 Å². The molecule has 0 heterocycles. The topological polar surface area (TPSA) is 65.3 Å². The number of nitriles is 1. The zero-order valence-electron chi connectivity index (χ0n) is 12.9.